The van der Waals surface area contributed by atoms with Crippen LogP contribution < -0.4 is 5.32 Å². The average molecular weight is 251 g/mol. The minimum absolute atomic E-state index is 0.0197. The van der Waals surface area contributed by atoms with E-state index in [-0.39, 0.29) is 5.54 Å². The van der Waals surface area contributed by atoms with Crippen molar-refractivity contribution in [2.75, 3.05) is 7.05 Å². The topological polar surface area (TPSA) is 29.9 Å². The summed E-state index contributed by atoms with van der Waals surface area (Å²) in [7, 11) is 2.00. The Bertz CT molecular complexity index is 341. The molecule has 1 N–H and O–H groups in total. The number of aromatic nitrogens is 2. The van der Waals surface area contributed by atoms with Crippen molar-refractivity contribution in [3.63, 3.8) is 0 Å². The van der Waals surface area contributed by atoms with Crippen LogP contribution in [0, 0.1) is 0 Å². The van der Waals surface area contributed by atoms with E-state index in [9.17, 15) is 0 Å². The lowest BCUT2D eigenvalue weighted by Crippen LogP contribution is -2.35. The summed E-state index contributed by atoms with van der Waals surface area (Å²) in [6.45, 7) is 8.95. The van der Waals surface area contributed by atoms with Crippen LogP contribution in [-0.4, -0.2) is 16.6 Å². The molecule has 0 bridgehead atoms. The van der Waals surface area contributed by atoms with Crippen molar-refractivity contribution in [1.29, 1.82) is 0 Å². The van der Waals surface area contributed by atoms with Gasteiger partial charge in [0.05, 0.1) is 23.8 Å². The molecule has 0 fully saturated rings. The highest BCUT2D eigenvalue weighted by Gasteiger charge is 2.23. The molecule has 0 saturated carbocycles. The Morgan fingerprint density at radius 3 is 2.67 bits per heavy atom. The Labute approximate surface area is 112 Å². The van der Waals surface area contributed by atoms with Crippen LogP contribution in [0.2, 0.25) is 0 Å². The van der Waals surface area contributed by atoms with E-state index in [1.165, 1.54) is 37.8 Å². The highest BCUT2D eigenvalue weighted by Crippen LogP contribution is 2.24. The summed E-state index contributed by atoms with van der Waals surface area (Å²) in [5.41, 5.74) is 1.25. The van der Waals surface area contributed by atoms with Crippen LogP contribution >= 0.6 is 0 Å². The zero-order valence-corrected chi connectivity index (χ0v) is 12.7. The molecule has 3 heteroatoms. The van der Waals surface area contributed by atoms with E-state index < -0.39 is 0 Å². The summed E-state index contributed by atoms with van der Waals surface area (Å²) < 4.78 is 2.32. The van der Waals surface area contributed by atoms with Gasteiger partial charge in [-0.05, 0) is 34.2 Å². The van der Waals surface area contributed by atoms with Crippen LogP contribution in [-0.2, 0) is 5.54 Å². The van der Waals surface area contributed by atoms with Gasteiger partial charge in [0.2, 0.25) is 0 Å². The largest absolute Gasteiger partial charge is 0.330 e. The van der Waals surface area contributed by atoms with Gasteiger partial charge >= 0.3 is 0 Å². The summed E-state index contributed by atoms with van der Waals surface area (Å²) in [6.07, 6.45) is 10.5. The molecule has 104 valence electrons. The van der Waals surface area contributed by atoms with Gasteiger partial charge < -0.3 is 9.88 Å². The van der Waals surface area contributed by atoms with Gasteiger partial charge in [0.1, 0.15) is 0 Å². The molecule has 0 aliphatic heterocycles. The van der Waals surface area contributed by atoms with E-state index in [0.717, 1.165) is 0 Å². The zero-order chi connectivity index (χ0) is 13.6. The first-order chi connectivity index (χ1) is 8.53. The second-order valence-electron chi connectivity index (χ2n) is 5.76. The molecule has 1 aromatic rings. The Balaban J connectivity index is 2.63. The van der Waals surface area contributed by atoms with Gasteiger partial charge in [0, 0.05) is 6.04 Å². The number of nitrogens with one attached hydrogen (secondary N) is 1. The Morgan fingerprint density at radius 2 is 2.06 bits per heavy atom. The fourth-order valence-corrected chi connectivity index (χ4v) is 2.27. The second kappa shape index (κ2) is 6.93. The third kappa shape index (κ3) is 3.84. The molecule has 0 aromatic carbocycles. The van der Waals surface area contributed by atoms with Crippen LogP contribution in [0.15, 0.2) is 12.5 Å². The molecule has 0 amide bonds. The second-order valence-corrected chi connectivity index (χ2v) is 5.76. The summed E-state index contributed by atoms with van der Waals surface area (Å²) in [5.74, 6) is 0. The first-order valence-electron chi connectivity index (χ1n) is 7.24. The maximum atomic E-state index is 4.32. The normalized spacial score (nSPS) is 13.8. The molecule has 18 heavy (non-hydrogen) atoms. The molecule has 0 radical (unpaired) electrons. The van der Waals surface area contributed by atoms with Crippen molar-refractivity contribution in [3.05, 3.63) is 18.2 Å². The number of unbranched alkanes of at least 4 members (excludes halogenated alkanes) is 3. The summed E-state index contributed by atoms with van der Waals surface area (Å²) in [6, 6.07) is 0.534. The van der Waals surface area contributed by atoms with E-state index in [1.807, 2.05) is 19.6 Å². The Hall–Kier alpha value is -0.830. The third-order valence-electron chi connectivity index (χ3n) is 3.88. The SMILES string of the molecule is CCCCCCC(C)n1cncc1C(C)(C)NC. The standard InChI is InChI=1S/C15H29N3/c1-6-7-8-9-10-13(2)18-12-17-11-14(18)15(3,4)16-5/h11-13,16H,6-10H2,1-5H3. The minimum atomic E-state index is -0.0197. The van der Waals surface area contributed by atoms with Gasteiger partial charge in [-0.15, -0.1) is 0 Å². The molecule has 1 aromatic heterocycles. The fraction of sp³-hybridized carbons (Fsp3) is 0.800. The van der Waals surface area contributed by atoms with Crippen LogP contribution in [0.3, 0.4) is 0 Å². The monoisotopic (exact) mass is 251 g/mol. The maximum absolute atomic E-state index is 4.32. The molecule has 0 aliphatic rings. The molecule has 1 heterocycles. The molecular weight excluding hydrogens is 222 g/mol. The van der Waals surface area contributed by atoms with Gasteiger partial charge in [-0.25, -0.2) is 4.98 Å². The molecular formula is C15H29N3. The van der Waals surface area contributed by atoms with E-state index in [0.29, 0.717) is 6.04 Å². The van der Waals surface area contributed by atoms with Crippen LogP contribution in [0.1, 0.15) is 71.5 Å². The Morgan fingerprint density at radius 1 is 1.33 bits per heavy atom. The predicted octanol–water partition coefficient (Wildman–Crippen LogP) is 3.87. The van der Waals surface area contributed by atoms with E-state index in [2.05, 4.69) is 42.6 Å². The highest BCUT2D eigenvalue weighted by molar-refractivity contribution is 5.11. The maximum Gasteiger partial charge on any atom is 0.0951 e. The molecule has 1 rings (SSSR count). The molecule has 0 saturated heterocycles. The first kappa shape index (κ1) is 15.2. The Kier molecular flexibility index (Phi) is 5.86. The van der Waals surface area contributed by atoms with Gasteiger partial charge in [0.15, 0.2) is 0 Å². The number of hydrogen-bond donors (Lipinski definition) is 1. The summed E-state index contributed by atoms with van der Waals surface area (Å²) in [4.78, 5) is 4.32. The smallest absolute Gasteiger partial charge is 0.0951 e. The zero-order valence-electron chi connectivity index (χ0n) is 12.7. The van der Waals surface area contributed by atoms with Gasteiger partial charge in [-0.1, -0.05) is 32.6 Å². The highest BCUT2D eigenvalue weighted by atomic mass is 15.1. The van der Waals surface area contributed by atoms with Crippen LogP contribution in [0.25, 0.3) is 0 Å². The van der Waals surface area contributed by atoms with Crippen molar-refractivity contribution in [2.24, 2.45) is 0 Å². The van der Waals surface area contributed by atoms with Gasteiger partial charge in [-0.2, -0.15) is 0 Å². The lowest BCUT2D eigenvalue weighted by Gasteiger charge is -2.28. The molecule has 1 unspecified atom stereocenters. The van der Waals surface area contributed by atoms with Crippen molar-refractivity contribution in [1.82, 2.24) is 14.9 Å². The number of imidazole rings is 1. The van der Waals surface area contributed by atoms with Crippen molar-refractivity contribution >= 4 is 0 Å². The van der Waals surface area contributed by atoms with Gasteiger partial charge in [-0.3, -0.25) is 0 Å². The number of nitrogens with zero attached hydrogens (tertiary/aromatic N) is 2. The number of hydrogen-bond acceptors (Lipinski definition) is 2. The van der Waals surface area contributed by atoms with Gasteiger partial charge in [0.25, 0.3) is 0 Å². The molecule has 0 spiro atoms. The summed E-state index contributed by atoms with van der Waals surface area (Å²) >= 11 is 0. The summed E-state index contributed by atoms with van der Waals surface area (Å²) in [5, 5.41) is 3.35. The number of rotatable bonds is 8. The van der Waals surface area contributed by atoms with E-state index in [1.54, 1.807) is 0 Å². The quantitative estimate of drug-likeness (QED) is 0.711. The molecule has 0 aliphatic carbocycles. The fourth-order valence-electron chi connectivity index (χ4n) is 2.27. The predicted molar refractivity (Wildman–Crippen MR) is 77.8 cm³/mol. The first-order valence-corrected chi connectivity index (χ1v) is 7.24. The van der Waals surface area contributed by atoms with E-state index >= 15 is 0 Å². The average Bonchev–Trinajstić information content (AvgIpc) is 2.84. The third-order valence-corrected chi connectivity index (χ3v) is 3.88. The molecule has 1 atom stereocenters. The van der Waals surface area contributed by atoms with Crippen LogP contribution in [0.4, 0.5) is 0 Å². The van der Waals surface area contributed by atoms with Crippen molar-refractivity contribution < 1.29 is 0 Å². The lowest BCUT2D eigenvalue weighted by atomic mass is 10.0. The van der Waals surface area contributed by atoms with E-state index in [4.69, 9.17) is 0 Å². The lowest BCUT2D eigenvalue weighted by molar-refractivity contribution is 0.376. The van der Waals surface area contributed by atoms with Crippen molar-refractivity contribution in [2.45, 2.75) is 71.4 Å². The van der Waals surface area contributed by atoms with Crippen molar-refractivity contribution in [3.8, 4) is 0 Å². The minimum Gasteiger partial charge on any atom is -0.330 e. The van der Waals surface area contributed by atoms with Crippen LogP contribution in [0.5, 0.6) is 0 Å². The molecule has 3 nitrogen and oxygen atoms in total.